The number of ether oxygens (including phenoxy) is 2. The number of anilines is 1. The lowest BCUT2D eigenvalue weighted by Gasteiger charge is -2.25. The smallest absolute Gasteiger partial charge is 0.462 e. The van der Waals surface area contributed by atoms with Gasteiger partial charge >= 0.3 is 12.1 Å². The zero-order valence-corrected chi connectivity index (χ0v) is 15.2. The van der Waals surface area contributed by atoms with Crippen molar-refractivity contribution in [1.29, 1.82) is 0 Å². The minimum Gasteiger partial charge on any atom is -0.462 e. The Hall–Kier alpha value is -2.97. The molecule has 9 nitrogen and oxygen atoms in total. The summed E-state index contributed by atoms with van der Waals surface area (Å²) in [6.07, 6.45) is -0.724. The van der Waals surface area contributed by atoms with Crippen LogP contribution in [0.4, 0.5) is 10.5 Å². The van der Waals surface area contributed by atoms with Crippen molar-refractivity contribution >= 4 is 23.5 Å². The fourth-order valence-corrected chi connectivity index (χ4v) is 2.22. The van der Waals surface area contributed by atoms with Crippen LogP contribution in [0.2, 0.25) is 0 Å². The van der Waals surface area contributed by atoms with Crippen molar-refractivity contribution in [2.24, 2.45) is 0 Å². The predicted octanol–water partition coefficient (Wildman–Crippen LogP) is 3.15. The second kappa shape index (κ2) is 8.93. The molecule has 0 aliphatic carbocycles. The molecule has 0 fully saturated rings. The number of benzene rings is 1. The molecular formula is C17H22N2O7. The molecule has 0 saturated carbocycles. The minimum absolute atomic E-state index is 0.0681. The molecule has 0 unspecified atom stereocenters. The van der Waals surface area contributed by atoms with Crippen molar-refractivity contribution in [1.82, 2.24) is 0 Å². The number of rotatable bonds is 8. The summed E-state index contributed by atoms with van der Waals surface area (Å²) in [6, 6.07) is 5.27. The molecule has 0 radical (unpaired) electrons. The number of hydrazine groups is 1. The molecule has 1 rings (SSSR count). The normalized spacial score (nSPS) is 10.8. The van der Waals surface area contributed by atoms with Crippen molar-refractivity contribution in [2.75, 3.05) is 11.6 Å². The monoisotopic (exact) mass is 366 g/mol. The second-order valence-corrected chi connectivity index (χ2v) is 6.24. The first-order valence-electron chi connectivity index (χ1n) is 8.01. The summed E-state index contributed by atoms with van der Waals surface area (Å²) in [5, 5.41) is 10.6. The molecule has 142 valence electrons. The van der Waals surface area contributed by atoms with E-state index in [2.05, 4.69) is 0 Å². The SMILES string of the molecule is CCCOC(=O)c1cccc(N(C(=O)OC(C)(C)CC(C)=O)[N+](=O)[O-])c1. The van der Waals surface area contributed by atoms with E-state index in [-0.39, 0.29) is 35.1 Å². The lowest BCUT2D eigenvalue weighted by molar-refractivity contribution is -0.484. The van der Waals surface area contributed by atoms with E-state index >= 15 is 0 Å². The van der Waals surface area contributed by atoms with Crippen molar-refractivity contribution < 1.29 is 28.9 Å². The van der Waals surface area contributed by atoms with E-state index in [1.54, 1.807) is 0 Å². The third-order valence-corrected chi connectivity index (χ3v) is 3.14. The number of Topliss-reactive ketones (excluding diaryl/α,β-unsaturated/α-hetero) is 1. The summed E-state index contributed by atoms with van der Waals surface area (Å²) in [4.78, 5) is 46.8. The van der Waals surface area contributed by atoms with Gasteiger partial charge in [-0.25, -0.2) is 19.7 Å². The Morgan fingerprint density at radius 3 is 2.46 bits per heavy atom. The topological polar surface area (TPSA) is 116 Å². The fourth-order valence-electron chi connectivity index (χ4n) is 2.22. The maximum Gasteiger partial charge on any atom is 0.473 e. The van der Waals surface area contributed by atoms with Crippen LogP contribution < -0.4 is 5.01 Å². The Labute approximate surface area is 151 Å². The molecule has 0 saturated heterocycles. The molecule has 0 spiro atoms. The largest absolute Gasteiger partial charge is 0.473 e. The molecule has 0 aliphatic heterocycles. The van der Waals surface area contributed by atoms with Crippen LogP contribution in [0.15, 0.2) is 24.3 Å². The maximum atomic E-state index is 12.3. The van der Waals surface area contributed by atoms with E-state index in [4.69, 9.17) is 9.47 Å². The van der Waals surface area contributed by atoms with Crippen molar-refractivity contribution in [2.45, 2.75) is 46.1 Å². The summed E-state index contributed by atoms with van der Waals surface area (Å²) in [5.74, 6) is -0.876. The molecule has 1 amide bonds. The van der Waals surface area contributed by atoms with Crippen molar-refractivity contribution in [3.63, 3.8) is 0 Å². The molecule has 0 aromatic heterocycles. The molecule has 1 aromatic carbocycles. The Morgan fingerprint density at radius 1 is 1.27 bits per heavy atom. The van der Waals surface area contributed by atoms with Crippen LogP contribution in [0.5, 0.6) is 0 Å². The fraction of sp³-hybridized carbons (Fsp3) is 0.471. The summed E-state index contributed by atoms with van der Waals surface area (Å²) < 4.78 is 10.1. The van der Waals surface area contributed by atoms with Crippen LogP contribution in [0, 0.1) is 10.1 Å². The zero-order valence-electron chi connectivity index (χ0n) is 15.2. The molecule has 0 aliphatic rings. The molecule has 9 heteroatoms. The van der Waals surface area contributed by atoms with Crippen LogP contribution in [-0.4, -0.2) is 35.1 Å². The van der Waals surface area contributed by atoms with E-state index in [1.807, 2.05) is 6.92 Å². The first kappa shape index (κ1) is 21.1. The van der Waals surface area contributed by atoms with Crippen LogP contribution in [0.25, 0.3) is 0 Å². The minimum atomic E-state index is -1.26. The van der Waals surface area contributed by atoms with Crippen LogP contribution in [-0.2, 0) is 14.3 Å². The van der Waals surface area contributed by atoms with E-state index in [1.165, 1.54) is 45.0 Å². The number of carbonyl (C=O) groups excluding carboxylic acids is 3. The first-order chi connectivity index (χ1) is 12.1. The highest BCUT2D eigenvalue weighted by molar-refractivity contribution is 5.92. The third-order valence-electron chi connectivity index (χ3n) is 3.14. The number of hydrogen-bond acceptors (Lipinski definition) is 7. The molecule has 0 heterocycles. The van der Waals surface area contributed by atoms with E-state index in [0.717, 1.165) is 0 Å². The highest BCUT2D eigenvalue weighted by atomic mass is 16.7. The Bertz CT molecular complexity index is 700. The van der Waals surface area contributed by atoms with Gasteiger partial charge in [-0.1, -0.05) is 13.0 Å². The predicted molar refractivity (Wildman–Crippen MR) is 92.3 cm³/mol. The zero-order chi connectivity index (χ0) is 19.9. The highest BCUT2D eigenvalue weighted by Crippen LogP contribution is 2.22. The van der Waals surface area contributed by atoms with Gasteiger partial charge in [0, 0.05) is 11.4 Å². The average molecular weight is 366 g/mol. The standard InChI is InChI=1S/C17H22N2O7/c1-5-9-25-15(21)13-7-6-8-14(10-13)18(19(23)24)16(22)26-17(3,4)11-12(2)20/h6-8,10H,5,9,11H2,1-4H3. The average Bonchev–Trinajstić information content (AvgIpc) is 2.50. The third kappa shape index (κ3) is 6.15. The number of ketones is 1. The van der Waals surface area contributed by atoms with Gasteiger partial charge in [-0.3, -0.25) is 4.79 Å². The Morgan fingerprint density at radius 2 is 1.92 bits per heavy atom. The lowest BCUT2D eigenvalue weighted by Crippen LogP contribution is -2.42. The number of nitro groups is 1. The van der Waals surface area contributed by atoms with Gasteiger partial charge in [0.05, 0.1) is 12.2 Å². The molecule has 26 heavy (non-hydrogen) atoms. The van der Waals surface area contributed by atoms with Gasteiger partial charge in [0.25, 0.3) is 0 Å². The lowest BCUT2D eigenvalue weighted by atomic mass is 10.0. The molecule has 0 atom stereocenters. The Balaban J connectivity index is 3.07. The van der Waals surface area contributed by atoms with Gasteiger partial charge in [-0.2, -0.15) is 0 Å². The Kier molecular flexibility index (Phi) is 7.24. The van der Waals surface area contributed by atoms with E-state index in [9.17, 15) is 24.5 Å². The van der Waals surface area contributed by atoms with Gasteiger partial charge in [0.1, 0.15) is 17.1 Å². The van der Waals surface area contributed by atoms with E-state index < -0.39 is 22.7 Å². The van der Waals surface area contributed by atoms with Gasteiger partial charge in [-0.15, -0.1) is 0 Å². The summed E-state index contributed by atoms with van der Waals surface area (Å²) in [6.45, 7) is 6.32. The van der Waals surface area contributed by atoms with E-state index in [0.29, 0.717) is 6.42 Å². The van der Waals surface area contributed by atoms with Crippen molar-refractivity contribution in [3.05, 3.63) is 39.9 Å². The summed E-state index contributed by atoms with van der Waals surface area (Å²) >= 11 is 0. The van der Waals surface area contributed by atoms with Gasteiger partial charge in [-0.05, 0) is 45.4 Å². The molecule has 0 bridgehead atoms. The summed E-state index contributed by atoms with van der Waals surface area (Å²) in [5.41, 5.74) is -1.31. The second-order valence-electron chi connectivity index (χ2n) is 6.24. The highest BCUT2D eigenvalue weighted by Gasteiger charge is 2.35. The van der Waals surface area contributed by atoms with Crippen LogP contribution in [0.1, 0.15) is 50.9 Å². The maximum absolute atomic E-state index is 12.3. The van der Waals surface area contributed by atoms with Crippen LogP contribution in [0.3, 0.4) is 0 Å². The number of amides is 1. The number of esters is 1. The molecule has 1 aromatic rings. The summed E-state index contributed by atoms with van der Waals surface area (Å²) in [7, 11) is 0. The van der Waals surface area contributed by atoms with Gasteiger partial charge < -0.3 is 9.47 Å². The van der Waals surface area contributed by atoms with Gasteiger partial charge in [0.15, 0.2) is 5.03 Å². The number of nitrogens with zero attached hydrogens (tertiary/aromatic N) is 2. The molecule has 0 N–H and O–H groups in total. The van der Waals surface area contributed by atoms with Crippen molar-refractivity contribution in [3.8, 4) is 0 Å². The number of hydrogen-bond donors (Lipinski definition) is 0. The number of carbonyl (C=O) groups is 3. The van der Waals surface area contributed by atoms with Gasteiger partial charge in [0.2, 0.25) is 0 Å². The quantitative estimate of drug-likeness (QED) is 0.394. The van der Waals surface area contributed by atoms with Crippen LogP contribution >= 0.6 is 0 Å². The first-order valence-corrected chi connectivity index (χ1v) is 8.01. The molecular weight excluding hydrogens is 344 g/mol.